The molecule has 1 aliphatic heterocycles. The van der Waals surface area contributed by atoms with E-state index in [-0.39, 0.29) is 30.8 Å². The Morgan fingerprint density at radius 2 is 1.55 bits per heavy atom. The molecule has 13 heteroatoms. The number of carbonyl (C=O) groups excluding carboxylic acids is 4. The summed E-state index contributed by atoms with van der Waals surface area (Å²) in [5.74, 6) is -1.14. The zero-order chi connectivity index (χ0) is 43.6. The van der Waals surface area contributed by atoms with Crippen molar-refractivity contribution in [2.75, 3.05) is 26.7 Å². The van der Waals surface area contributed by atoms with Crippen molar-refractivity contribution in [2.45, 2.75) is 98.0 Å². The minimum atomic E-state index is -1.10. The SMILES string of the molecule is COC(=O)NC(C(=O)NCC(O)CC(NC(=O)C(N1CCN(Cc2cccc(C)n2)C1=O)C(C)(C)C)C(Cc1ccc(-c2cccnc2)cc1)c1ccccc1)C(C)(C)C. The summed E-state index contributed by atoms with van der Waals surface area (Å²) in [5, 5.41) is 20.4. The van der Waals surface area contributed by atoms with Gasteiger partial charge in [0.2, 0.25) is 11.8 Å². The molecule has 0 radical (unpaired) electrons. The van der Waals surface area contributed by atoms with Crippen molar-refractivity contribution in [3.05, 3.63) is 120 Å². The summed E-state index contributed by atoms with van der Waals surface area (Å²) in [6.45, 7) is 14.2. The summed E-state index contributed by atoms with van der Waals surface area (Å²) in [6.07, 6.45) is 2.29. The first-order valence-electron chi connectivity index (χ1n) is 20.6. The quantitative estimate of drug-likeness (QED) is 0.103. The largest absolute Gasteiger partial charge is 0.453 e. The Morgan fingerprint density at radius 1 is 0.833 bits per heavy atom. The fraction of sp³-hybridized carbons (Fsp3) is 0.447. The van der Waals surface area contributed by atoms with E-state index in [0.717, 1.165) is 33.6 Å². The number of rotatable bonds is 16. The third-order valence-corrected chi connectivity index (χ3v) is 10.9. The lowest BCUT2D eigenvalue weighted by Gasteiger charge is -2.39. The van der Waals surface area contributed by atoms with Crippen molar-refractivity contribution in [3.63, 3.8) is 0 Å². The number of aliphatic hydroxyl groups excluding tert-OH is 1. The van der Waals surface area contributed by atoms with Gasteiger partial charge in [0.15, 0.2) is 0 Å². The van der Waals surface area contributed by atoms with Crippen LogP contribution in [0.3, 0.4) is 0 Å². The molecule has 3 heterocycles. The van der Waals surface area contributed by atoms with Gasteiger partial charge in [-0.25, -0.2) is 9.59 Å². The number of benzene rings is 2. The van der Waals surface area contributed by atoms with E-state index < -0.39 is 47.1 Å². The first-order chi connectivity index (χ1) is 28.4. The highest BCUT2D eigenvalue weighted by Gasteiger charge is 2.45. The third kappa shape index (κ3) is 12.1. The predicted octanol–water partition coefficient (Wildman–Crippen LogP) is 6.25. The molecule has 5 rings (SSSR count). The lowest BCUT2D eigenvalue weighted by Crippen LogP contribution is -2.58. The van der Waals surface area contributed by atoms with E-state index in [2.05, 4.69) is 38.1 Å². The Balaban J connectivity index is 1.45. The number of carbonyl (C=O) groups is 4. The van der Waals surface area contributed by atoms with Gasteiger partial charge in [0, 0.05) is 49.7 Å². The van der Waals surface area contributed by atoms with Crippen molar-refractivity contribution in [2.24, 2.45) is 10.8 Å². The average Bonchev–Trinajstić information content (AvgIpc) is 3.55. The fourth-order valence-electron chi connectivity index (χ4n) is 7.82. The number of ether oxygens (including phenoxy) is 1. The predicted molar refractivity (Wildman–Crippen MR) is 232 cm³/mol. The molecule has 2 aromatic carbocycles. The minimum absolute atomic E-state index is 0.0694. The number of pyridine rings is 2. The number of aliphatic hydroxyl groups is 1. The molecule has 0 spiro atoms. The van der Waals surface area contributed by atoms with Crippen LogP contribution < -0.4 is 16.0 Å². The molecular formula is C47H61N7O6. The molecule has 0 saturated carbocycles. The van der Waals surface area contributed by atoms with E-state index in [1.54, 1.807) is 16.0 Å². The van der Waals surface area contributed by atoms with Crippen LogP contribution in [0.1, 0.15) is 76.4 Å². The summed E-state index contributed by atoms with van der Waals surface area (Å²) >= 11 is 0. The highest BCUT2D eigenvalue weighted by atomic mass is 16.5. The average molecular weight is 820 g/mol. The Morgan fingerprint density at radius 3 is 2.17 bits per heavy atom. The highest BCUT2D eigenvalue weighted by Crippen LogP contribution is 2.32. The van der Waals surface area contributed by atoms with E-state index in [1.807, 2.05) is 127 Å². The number of amides is 5. The summed E-state index contributed by atoms with van der Waals surface area (Å²) in [7, 11) is 1.23. The molecule has 1 fully saturated rings. The number of hydrogen-bond donors (Lipinski definition) is 4. The van der Waals surface area contributed by atoms with Gasteiger partial charge in [-0.3, -0.25) is 19.6 Å². The Hall–Kier alpha value is -5.82. The molecule has 5 amide bonds. The van der Waals surface area contributed by atoms with Crippen LogP contribution in [0.4, 0.5) is 9.59 Å². The number of aryl methyl sites for hydroxylation is 1. The van der Waals surface area contributed by atoms with Crippen molar-refractivity contribution in [3.8, 4) is 11.1 Å². The van der Waals surface area contributed by atoms with Crippen molar-refractivity contribution in [1.29, 1.82) is 0 Å². The topological polar surface area (TPSA) is 166 Å². The number of hydrogen-bond acceptors (Lipinski definition) is 8. The maximum atomic E-state index is 14.9. The second kappa shape index (κ2) is 20.0. The first kappa shape index (κ1) is 45.3. The second-order valence-corrected chi connectivity index (χ2v) is 17.8. The molecule has 0 bridgehead atoms. The van der Waals surface area contributed by atoms with Crippen molar-refractivity contribution >= 4 is 23.9 Å². The van der Waals surface area contributed by atoms with Crippen LogP contribution in [-0.4, -0.2) is 99.8 Å². The summed E-state index contributed by atoms with van der Waals surface area (Å²) in [5.41, 5.74) is 4.30. The van der Waals surface area contributed by atoms with Gasteiger partial charge in [0.05, 0.1) is 25.5 Å². The van der Waals surface area contributed by atoms with Crippen LogP contribution in [0.5, 0.6) is 0 Å². The van der Waals surface area contributed by atoms with Crippen molar-refractivity contribution in [1.82, 2.24) is 35.7 Å². The number of urea groups is 1. The second-order valence-electron chi connectivity index (χ2n) is 17.8. The van der Waals surface area contributed by atoms with Gasteiger partial charge in [0.25, 0.3) is 0 Å². The summed E-state index contributed by atoms with van der Waals surface area (Å²) < 4.78 is 4.76. The Bertz CT molecular complexity index is 2050. The van der Waals surface area contributed by atoms with Crippen LogP contribution >= 0.6 is 0 Å². The van der Waals surface area contributed by atoms with Gasteiger partial charge in [-0.15, -0.1) is 0 Å². The lowest BCUT2D eigenvalue weighted by atomic mass is 9.81. The third-order valence-electron chi connectivity index (χ3n) is 10.9. The maximum absolute atomic E-state index is 14.9. The summed E-state index contributed by atoms with van der Waals surface area (Å²) in [6, 6.07) is 25.0. The van der Waals surface area contributed by atoms with E-state index >= 15 is 0 Å². The van der Waals surface area contributed by atoms with Gasteiger partial charge in [-0.1, -0.05) is 108 Å². The number of nitrogens with one attached hydrogen (secondary N) is 3. The molecule has 13 nitrogen and oxygen atoms in total. The monoisotopic (exact) mass is 819 g/mol. The highest BCUT2D eigenvalue weighted by molar-refractivity contribution is 5.89. The van der Waals surface area contributed by atoms with Crippen LogP contribution in [0.15, 0.2) is 97.3 Å². The van der Waals surface area contributed by atoms with E-state index in [4.69, 9.17) is 4.74 Å². The standard InChI is InChI=1S/C47H61N7O6/c1-31-14-12-18-36(50-31)30-53-24-25-54(45(53)59)41(47(5,6)7)43(57)51-39(27-37(55)29-49-42(56)40(46(2,3)4)52-44(58)60-8)38(34-15-10-9-11-16-34)26-32-19-21-33(22-20-32)35-17-13-23-48-28-35/h9-23,28,37-41,55H,24-27,29-30H2,1-8H3,(H,49,56)(H,51,57)(H,52,58). The molecule has 60 heavy (non-hydrogen) atoms. The zero-order valence-electron chi connectivity index (χ0n) is 36.1. The molecule has 5 unspecified atom stereocenters. The van der Waals surface area contributed by atoms with E-state index in [0.29, 0.717) is 26.1 Å². The van der Waals surface area contributed by atoms with Gasteiger partial charge < -0.3 is 35.6 Å². The van der Waals surface area contributed by atoms with Crippen LogP contribution in [0, 0.1) is 17.8 Å². The molecule has 4 N–H and O–H groups in total. The maximum Gasteiger partial charge on any atom is 0.407 e. The number of aromatic nitrogens is 2. The van der Waals surface area contributed by atoms with Gasteiger partial charge >= 0.3 is 12.1 Å². The normalized spacial score (nSPS) is 15.7. The molecule has 4 aromatic rings. The number of nitrogens with zero attached hydrogens (tertiary/aromatic N) is 4. The minimum Gasteiger partial charge on any atom is -0.453 e. The van der Waals surface area contributed by atoms with Gasteiger partial charge in [0.1, 0.15) is 12.1 Å². The van der Waals surface area contributed by atoms with Gasteiger partial charge in [-0.05, 0) is 71.0 Å². The lowest BCUT2D eigenvalue weighted by molar-refractivity contribution is -0.130. The van der Waals surface area contributed by atoms with E-state index in [9.17, 15) is 24.3 Å². The zero-order valence-corrected chi connectivity index (χ0v) is 36.1. The molecule has 1 aliphatic rings. The molecular weight excluding hydrogens is 759 g/mol. The van der Waals surface area contributed by atoms with Crippen molar-refractivity contribution < 1.29 is 29.0 Å². The molecule has 1 saturated heterocycles. The van der Waals surface area contributed by atoms with Crippen LogP contribution in [-0.2, 0) is 27.3 Å². The Labute approximate surface area is 354 Å². The van der Waals surface area contributed by atoms with Gasteiger partial charge in [-0.2, -0.15) is 0 Å². The van der Waals surface area contributed by atoms with Crippen LogP contribution in [0.25, 0.3) is 11.1 Å². The number of alkyl carbamates (subject to hydrolysis) is 1. The molecule has 320 valence electrons. The molecule has 2 aromatic heterocycles. The Kier molecular flexibility index (Phi) is 15.1. The fourth-order valence-corrected chi connectivity index (χ4v) is 7.82. The van der Waals surface area contributed by atoms with Crippen LogP contribution in [0.2, 0.25) is 0 Å². The first-order valence-corrected chi connectivity index (χ1v) is 20.6. The number of methoxy groups -OCH3 is 1. The molecule has 0 aliphatic carbocycles. The summed E-state index contributed by atoms with van der Waals surface area (Å²) in [4.78, 5) is 66.7. The molecule has 5 atom stereocenters. The smallest absolute Gasteiger partial charge is 0.407 e. The van der Waals surface area contributed by atoms with E-state index in [1.165, 1.54) is 7.11 Å².